The first-order valence-corrected chi connectivity index (χ1v) is 8.24. The lowest BCUT2D eigenvalue weighted by Crippen LogP contribution is -2.30. The van der Waals surface area contributed by atoms with E-state index in [2.05, 4.69) is 41.4 Å². The normalized spacial score (nSPS) is 10.5. The van der Waals surface area contributed by atoms with E-state index in [0.717, 1.165) is 24.6 Å². The molecule has 0 bridgehead atoms. The van der Waals surface area contributed by atoms with E-state index in [1.807, 2.05) is 0 Å². The Kier molecular flexibility index (Phi) is 8.11. The molecule has 1 heterocycles. The molecule has 1 aromatic rings. The Hall–Kier alpha value is -1.23. The van der Waals surface area contributed by atoms with Gasteiger partial charge in [0.15, 0.2) is 0 Å². The number of rotatable bonds is 10. The van der Waals surface area contributed by atoms with Crippen LogP contribution in [0.3, 0.4) is 0 Å². The molecule has 0 saturated carbocycles. The van der Waals surface area contributed by atoms with Gasteiger partial charge in [-0.05, 0) is 13.3 Å². The lowest BCUT2D eigenvalue weighted by molar-refractivity contribution is -0.696. The van der Waals surface area contributed by atoms with Crippen LogP contribution in [0.4, 0.5) is 0 Å². The molecule has 0 atom stereocenters. The summed E-state index contributed by atoms with van der Waals surface area (Å²) in [6.45, 7) is 9.94. The number of hydrogen-bond acceptors (Lipinski definition) is 3. The second-order valence-electron chi connectivity index (χ2n) is 4.77. The van der Waals surface area contributed by atoms with Crippen molar-refractivity contribution in [3.05, 3.63) is 30.9 Å². The fourth-order valence-electron chi connectivity index (χ4n) is 1.63. The number of imidazole rings is 1. The SMILES string of the molecule is C=C(C)C(=O)OCCSCCn1cc[n+](CCCC)c1. The van der Waals surface area contributed by atoms with Crippen molar-refractivity contribution < 1.29 is 14.1 Å². The van der Waals surface area contributed by atoms with Crippen LogP contribution in [0, 0.1) is 0 Å². The van der Waals surface area contributed by atoms with Crippen molar-refractivity contribution in [2.75, 3.05) is 18.1 Å². The van der Waals surface area contributed by atoms with Crippen molar-refractivity contribution >= 4 is 17.7 Å². The van der Waals surface area contributed by atoms with Gasteiger partial charge in [-0.1, -0.05) is 19.9 Å². The largest absolute Gasteiger partial charge is 0.461 e. The standard InChI is InChI=1S/C15H25N2O2S/c1-4-5-6-16-7-8-17(13-16)9-11-20-12-10-19-15(18)14(2)3/h7-8,13H,2,4-6,9-12H2,1,3H3/q+1. The number of aryl methyl sites for hydroxylation is 2. The van der Waals surface area contributed by atoms with Gasteiger partial charge in [0, 0.05) is 17.1 Å². The first kappa shape index (κ1) is 16.8. The average Bonchev–Trinajstić information content (AvgIpc) is 2.87. The molecule has 0 radical (unpaired) electrons. The van der Waals surface area contributed by atoms with Crippen molar-refractivity contribution in [2.45, 2.75) is 39.8 Å². The Morgan fingerprint density at radius 2 is 2.25 bits per heavy atom. The molecule has 1 rings (SSSR count). The molecule has 4 nitrogen and oxygen atoms in total. The Balaban J connectivity index is 2.07. The highest BCUT2D eigenvalue weighted by molar-refractivity contribution is 7.99. The van der Waals surface area contributed by atoms with E-state index in [4.69, 9.17) is 4.74 Å². The molecule has 1 aromatic heterocycles. The second-order valence-corrected chi connectivity index (χ2v) is 6.00. The van der Waals surface area contributed by atoms with Crippen LogP contribution in [-0.2, 0) is 22.6 Å². The lowest BCUT2D eigenvalue weighted by atomic mass is 10.3. The molecule has 0 aliphatic heterocycles. The van der Waals surface area contributed by atoms with Crippen LogP contribution in [-0.4, -0.2) is 28.6 Å². The molecule has 0 N–H and O–H groups in total. The van der Waals surface area contributed by atoms with Crippen molar-refractivity contribution in [1.29, 1.82) is 0 Å². The summed E-state index contributed by atoms with van der Waals surface area (Å²) in [5.74, 6) is 1.55. The van der Waals surface area contributed by atoms with E-state index in [-0.39, 0.29) is 5.97 Å². The molecule has 20 heavy (non-hydrogen) atoms. The number of unbranched alkanes of at least 4 members (excludes halogenated alkanes) is 1. The molecule has 0 aromatic carbocycles. The first-order valence-electron chi connectivity index (χ1n) is 7.08. The molecule has 0 aliphatic carbocycles. The lowest BCUT2D eigenvalue weighted by Gasteiger charge is -2.03. The van der Waals surface area contributed by atoms with E-state index in [9.17, 15) is 4.79 Å². The summed E-state index contributed by atoms with van der Waals surface area (Å²) in [5.41, 5.74) is 0.457. The van der Waals surface area contributed by atoms with Gasteiger partial charge in [-0.25, -0.2) is 13.9 Å². The third kappa shape index (κ3) is 6.80. The van der Waals surface area contributed by atoms with Gasteiger partial charge >= 0.3 is 5.97 Å². The van der Waals surface area contributed by atoms with Crippen molar-refractivity contribution in [1.82, 2.24) is 4.57 Å². The number of carbonyl (C=O) groups excluding carboxylic acids is 1. The highest BCUT2D eigenvalue weighted by Crippen LogP contribution is 2.02. The summed E-state index contributed by atoms with van der Waals surface area (Å²) in [5, 5.41) is 0. The van der Waals surface area contributed by atoms with E-state index >= 15 is 0 Å². The van der Waals surface area contributed by atoms with Crippen LogP contribution in [0.15, 0.2) is 30.9 Å². The van der Waals surface area contributed by atoms with Gasteiger partial charge in [0.1, 0.15) is 19.0 Å². The van der Waals surface area contributed by atoms with Crippen LogP contribution < -0.4 is 4.57 Å². The minimum atomic E-state index is -0.298. The van der Waals surface area contributed by atoms with E-state index in [1.165, 1.54) is 12.8 Å². The summed E-state index contributed by atoms with van der Waals surface area (Å²) in [7, 11) is 0. The highest BCUT2D eigenvalue weighted by Gasteiger charge is 2.04. The molecule has 112 valence electrons. The maximum Gasteiger partial charge on any atom is 0.333 e. The quantitative estimate of drug-likeness (QED) is 0.288. The topological polar surface area (TPSA) is 35.1 Å². The monoisotopic (exact) mass is 297 g/mol. The van der Waals surface area contributed by atoms with E-state index in [1.54, 1.807) is 18.7 Å². The summed E-state index contributed by atoms with van der Waals surface area (Å²) in [6, 6.07) is 0. The second kappa shape index (κ2) is 9.64. The van der Waals surface area contributed by atoms with Crippen LogP contribution in [0.25, 0.3) is 0 Å². The molecule has 0 amide bonds. The van der Waals surface area contributed by atoms with Gasteiger partial charge in [-0.15, -0.1) is 0 Å². The molecule has 5 heteroatoms. The number of carbonyl (C=O) groups is 1. The summed E-state index contributed by atoms with van der Waals surface area (Å²) in [6.07, 6.45) is 8.82. The Morgan fingerprint density at radius 3 is 2.95 bits per heavy atom. The predicted molar refractivity (Wildman–Crippen MR) is 82.6 cm³/mol. The third-order valence-corrected chi connectivity index (χ3v) is 3.75. The third-order valence-electron chi connectivity index (χ3n) is 2.82. The molecule has 0 unspecified atom stereocenters. The minimum Gasteiger partial charge on any atom is -0.461 e. The average molecular weight is 297 g/mol. The fourth-order valence-corrected chi connectivity index (χ4v) is 2.38. The van der Waals surface area contributed by atoms with Gasteiger partial charge in [0.25, 0.3) is 0 Å². The predicted octanol–water partition coefficient (Wildman–Crippen LogP) is 2.43. The van der Waals surface area contributed by atoms with Gasteiger partial charge in [0.2, 0.25) is 6.33 Å². The van der Waals surface area contributed by atoms with Crippen LogP contribution >= 0.6 is 11.8 Å². The van der Waals surface area contributed by atoms with Crippen molar-refractivity contribution in [3.8, 4) is 0 Å². The summed E-state index contributed by atoms with van der Waals surface area (Å²) in [4.78, 5) is 11.1. The zero-order valence-electron chi connectivity index (χ0n) is 12.5. The summed E-state index contributed by atoms with van der Waals surface area (Å²) >= 11 is 1.79. The van der Waals surface area contributed by atoms with Crippen LogP contribution in [0.2, 0.25) is 0 Å². The smallest absolute Gasteiger partial charge is 0.333 e. The highest BCUT2D eigenvalue weighted by atomic mass is 32.2. The molecular formula is C15H25N2O2S+. The number of ether oxygens (including phenoxy) is 1. The van der Waals surface area contributed by atoms with Crippen LogP contribution in [0.1, 0.15) is 26.7 Å². The Morgan fingerprint density at radius 1 is 1.45 bits per heavy atom. The van der Waals surface area contributed by atoms with E-state index < -0.39 is 0 Å². The fraction of sp³-hybridized carbons (Fsp3) is 0.600. The van der Waals surface area contributed by atoms with Gasteiger partial charge in [-0.3, -0.25) is 0 Å². The van der Waals surface area contributed by atoms with Gasteiger partial charge in [-0.2, -0.15) is 11.8 Å². The number of hydrogen-bond donors (Lipinski definition) is 0. The minimum absolute atomic E-state index is 0.298. The van der Waals surface area contributed by atoms with Gasteiger partial charge < -0.3 is 4.74 Å². The molecular weight excluding hydrogens is 272 g/mol. The first-order chi connectivity index (χ1) is 9.63. The Labute approximate surface area is 125 Å². The molecule has 0 fully saturated rings. The maximum absolute atomic E-state index is 11.1. The molecule has 0 spiro atoms. The Bertz CT molecular complexity index is 429. The number of nitrogens with zero attached hydrogens (tertiary/aromatic N) is 2. The van der Waals surface area contributed by atoms with Crippen LogP contribution in [0.5, 0.6) is 0 Å². The van der Waals surface area contributed by atoms with Crippen molar-refractivity contribution in [2.24, 2.45) is 0 Å². The van der Waals surface area contributed by atoms with Crippen molar-refractivity contribution in [3.63, 3.8) is 0 Å². The maximum atomic E-state index is 11.1. The van der Waals surface area contributed by atoms with E-state index in [0.29, 0.717) is 12.2 Å². The number of aromatic nitrogens is 2. The zero-order valence-corrected chi connectivity index (χ0v) is 13.3. The molecule has 0 aliphatic rings. The number of thioether (sulfide) groups is 1. The van der Waals surface area contributed by atoms with Gasteiger partial charge in [0.05, 0.1) is 13.1 Å². The zero-order chi connectivity index (χ0) is 14.8. The summed E-state index contributed by atoms with van der Waals surface area (Å²) < 4.78 is 9.46. The molecule has 0 saturated heterocycles. The number of esters is 1.